The molecule has 0 saturated carbocycles. The highest BCUT2D eigenvalue weighted by molar-refractivity contribution is 8.16. The Balaban J connectivity index is 2.12. The number of carbonyl (C=O) groups is 2. The van der Waals surface area contributed by atoms with E-state index in [4.69, 9.17) is 15.2 Å². The Hall–Kier alpha value is -2.83. The zero-order valence-corrected chi connectivity index (χ0v) is 19.7. The average molecular weight is 483 g/mol. The first-order valence-corrected chi connectivity index (χ1v) is 11.4. The summed E-state index contributed by atoms with van der Waals surface area (Å²) in [5.74, 6) is 0.393. The van der Waals surface area contributed by atoms with Crippen molar-refractivity contribution in [1.29, 1.82) is 0 Å². The first kappa shape index (κ1) is 26.4. The molecule has 0 spiro atoms. The second-order valence-electron chi connectivity index (χ2n) is 7.12. The Morgan fingerprint density at radius 2 is 2.30 bits per heavy atom. The molecule has 0 aromatic heterocycles. The van der Waals surface area contributed by atoms with E-state index in [0.717, 1.165) is 6.42 Å². The van der Waals surface area contributed by atoms with Crippen LogP contribution in [0.5, 0.6) is 0 Å². The van der Waals surface area contributed by atoms with Gasteiger partial charge in [-0.25, -0.2) is 9.79 Å². The highest BCUT2D eigenvalue weighted by Gasteiger charge is 2.41. The predicted molar refractivity (Wildman–Crippen MR) is 124 cm³/mol. The number of hydrogen-bond donors (Lipinski definition) is 3. The van der Waals surface area contributed by atoms with E-state index in [-0.39, 0.29) is 24.7 Å². The van der Waals surface area contributed by atoms with Gasteiger partial charge in [0.05, 0.1) is 12.6 Å². The van der Waals surface area contributed by atoms with E-state index in [1.54, 1.807) is 26.0 Å². The third kappa shape index (κ3) is 7.62. The van der Waals surface area contributed by atoms with Crippen LogP contribution in [0.4, 0.5) is 4.79 Å². The summed E-state index contributed by atoms with van der Waals surface area (Å²) in [7, 11) is 0. The van der Waals surface area contributed by atoms with Gasteiger partial charge in [0.15, 0.2) is 5.66 Å². The van der Waals surface area contributed by atoms with Gasteiger partial charge in [-0.05, 0) is 20.3 Å². The van der Waals surface area contributed by atoms with E-state index in [1.165, 1.54) is 17.8 Å². The van der Waals surface area contributed by atoms with Crippen molar-refractivity contribution in [2.24, 2.45) is 15.9 Å². The summed E-state index contributed by atoms with van der Waals surface area (Å²) in [6.07, 6.45) is 3.72. The van der Waals surface area contributed by atoms with Gasteiger partial charge >= 0.3 is 6.16 Å². The molecule has 2 aliphatic rings. The Bertz CT molecular complexity index is 871. The Labute approximate surface area is 196 Å². The van der Waals surface area contributed by atoms with Gasteiger partial charge in [-0.15, -0.1) is 11.8 Å². The molecule has 2 rings (SSSR count). The number of nitrogens with one attached hydrogen (secondary N) is 1. The molecule has 2 heterocycles. The summed E-state index contributed by atoms with van der Waals surface area (Å²) in [6, 6.07) is -0.556. The summed E-state index contributed by atoms with van der Waals surface area (Å²) in [5, 5.41) is 16.9. The molecule has 2 aliphatic heterocycles. The van der Waals surface area contributed by atoms with Gasteiger partial charge < -0.3 is 24.6 Å². The number of oxime groups is 1. The number of aliphatic hydroxyl groups is 1. The molecule has 12 heteroatoms. The molecule has 0 saturated heterocycles. The Kier molecular flexibility index (Phi) is 9.95. The van der Waals surface area contributed by atoms with Crippen LogP contribution in [0.1, 0.15) is 33.6 Å². The minimum absolute atomic E-state index is 0.156. The first-order chi connectivity index (χ1) is 15.7. The van der Waals surface area contributed by atoms with Gasteiger partial charge in [0.1, 0.15) is 28.9 Å². The summed E-state index contributed by atoms with van der Waals surface area (Å²) < 4.78 is 15.6. The maximum absolute atomic E-state index is 13.0. The van der Waals surface area contributed by atoms with Crippen LogP contribution in [0.3, 0.4) is 0 Å². The van der Waals surface area contributed by atoms with Crippen molar-refractivity contribution < 1.29 is 33.7 Å². The van der Waals surface area contributed by atoms with Crippen molar-refractivity contribution >= 4 is 34.6 Å². The van der Waals surface area contributed by atoms with Crippen molar-refractivity contribution in [3.05, 3.63) is 36.3 Å². The van der Waals surface area contributed by atoms with Crippen molar-refractivity contribution in [2.75, 3.05) is 19.0 Å². The van der Waals surface area contributed by atoms with Gasteiger partial charge in [0, 0.05) is 17.9 Å². The largest absolute Gasteiger partial charge is 0.535 e. The van der Waals surface area contributed by atoms with Crippen LogP contribution in [-0.4, -0.2) is 64.9 Å². The lowest BCUT2D eigenvalue weighted by Crippen LogP contribution is -2.56. The van der Waals surface area contributed by atoms with Crippen LogP contribution in [0, 0.1) is 0 Å². The normalized spacial score (nSPS) is 23.4. The lowest BCUT2D eigenvalue weighted by atomic mass is 10.1. The summed E-state index contributed by atoms with van der Waals surface area (Å²) >= 11 is 1.21. The van der Waals surface area contributed by atoms with E-state index in [9.17, 15) is 14.7 Å². The minimum Gasteiger partial charge on any atom is -0.490 e. The Morgan fingerprint density at radius 3 is 2.97 bits per heavy atom. The zero-order valence-electron chi connectivity index (χ0n) is 18.9. The number of allylic oxidation sites excluding steroid dienone is 1. The molecule has 1 amide bonds. The number of thioether (sulfide) groups is 1. The second kappa shape index (κ2) is 12.4. The molecule has 4 N–H and O–H groups in total. The number of ether oxygens (including phenoxy) is 3. The van der Waals surface area contributed by atoms with Crippen molar-refractivity contribution in [2.45, 2.75) is 51.6 Å². The molecule has 0 aromatic carbocycles. The molecular formula is C21H30N4O7S. The minimum atomic E-state index is -1.56. The SMILES string of the molecule is C=CCOC1=CC(O)OC([C@@H](CCC)NC(=O)[C@]2(N)CSC(/C(C)=N/OC(=O)OCC)=N2)=C1. The van der Waals surface area contributed by atoms with Crippen LogP contribution in [-0.2, 0) is 23.8 Å². The summed E-state index contributed by atoms with van der Waals surface area (Å²) in [4.78, 5) is 33.3. The van der Waals surface area contributed by atoms with E-state index in [2.05, 4.69) is 31.6 Å². The zero-order chi connectivity index (χ0) is 24.4. The van der Waals surface area contributed by atoms with Crippen LogP contribution in [0.2, 0.25) is 0 Å². The first-order valence-electron chi connectivity index (χ1n) is 10.5. The third-order valence-electron chi connectivity index (χ3n) is 4.39. The topological polar surface area (TPSA) is 154 Å². The number of carbonyl (C=O) groups excluding carboxylic acids is 2. The maximum Gasteiger partial charge on any atom is 0.535 e. The monoisotopic (exact) mass is 482 g/mol. The molecule has 0 aromatic rings. The predicted octanol–water partition coefficient (Wildman–Crippen LogP) is 1.94. The number of aliphatic imine (C=N–C) groups is 1. The van der Waals surface area contributed by atoms with E-state index in [1.807, 2.05) is 6.92 Å². The Morgan fingerprint density at radius 1 is 1.55 bits per heavy atom. The smallest absolute Gasteiger partial charge is 0.490 e. The van der Waals surface area contributed by atoms with Gasteiger partial charge in [-0.1, -0.05) is 31.2 Å². The fourth-order valence-electron chi connectivity index (χ4n) is 2.84. The average Bonchev–Trinajstić information content (AvgIpc) is 3.19. The number of aliphatic hydroxyl groups excluding tert-OH is 1. The maximum atomic E-state index is 13.0. The number of hydrogen-bond acceptors (Lipinski definition) is 11. The number of rotatable bonds is 11. The van der Waals surface area contributed by atoms with Gasteiger partial charge in [-0.3, -0.25) is 15.4 Å². The fourth-order valence-corrected chi connectivity index (χ4v) is 3.86. The van der Waals surface area contributed by atoms with Crippen molar-refractivity contribution in [3.8, 4) is 0 Å². The molecule has 0 fully saturated rings. The van der Waals surface area contributed by atoms with Crippen LogP contribution < -0.4 is 11.1 Å². The van der Waals surface area contributed by atoms with Crippen molar-refractivity contribution in [1.82, 2.24) is 5.32 Å². The van der Waals surface area contributed by atoms with Crippen LogP contribution >= 0.6 is 11.8 Å². The summed E-state index contributed by atoms with van der Waals surface area (Å²) in [5.41, 5.74) is 4.99. The third-order valence-corrected chi connectivity index (χ3v) is 5.64. The quantitative estimate of drug-likeness (QED) is 0.132. The lowest BCUT2D eigenvalue weighted by molar-refractivity contribution is -0.126. The summed E-state index contributed by atoms with van der Waals surface area (Å²) in [6.45, 7) is 9.18. The molecule has 1 unspecified atom stereocenters. The second-order valence-corrected chi connectivity index (χ2v) is 8.08. The molecule has 0 bridgehead atoms. The molecule has 33 heavy (non-hydrogen) atoms. The lowest BCUT2D eigenvalue weighted by Gasteiger charge is -2.29. The molecule has 0 aliphatic carbocycles. The van der Waals surface area contributed by atoms with Crippen LogP contribution in [0.25, 0.3) is 0 Å². The highest BCUT2D eigenvalue weighted by Crippen LogP contribution is 2.27. The van der Waals surface area contributed by atoms with Gasteiger partial charge in [-0.2, -0.15) is 0 Å². The van der Waals surface area contributed by atoms with E-state index < -0.39 is 30.1 Å². The standard InChI is InChI=1S/C21H30N4O7S/c1-5-8-15(16-10-14(30-9-6-2)11-17(26)31-16)23-19(27)21(22)12-33-18(24-21)13(4)25-32-20(28)29-7-3/h6,10-11,15,17,26H,2,5,7-9,12,22H2,1,3-4H3,(H,23,27)/b25-13+/t15-,17?,21+/m1/s1. The van der Waals surface area contributed by atoms with Gasteiger partial charge in [0.25, 0.3) is 5.91 Å². The van der Waals surface area contributed by atoms with Crippen LogP contribution in [0.15, 0.2) is 46.5 Å². The highest BCUT2D eigenvalue weighted by atomic mass is 32.2. The number of nitrogens with zero attached hydrogens (tertiary/aromatic N) is 2. The number of nitrogens with two attached hydrogens (primary N) is 1. The molecular weight excluding hydrogens is 452 g/mol. The van der Waals surface area contributed by atoms with Gasteiger partial charge in [0.2, 0.25) is 6.29 Å². The number of amides is 1. The molecule has 182 valence electrons. The fraction of sp³-hybridized carbons (Fsp3) is 0.524. The van der Waals surface area contributed by atoms with Crippen molar-refractivity contribution in [3.63, 3.8) is 0 Å². The molecule has 11 nitrogen and oxygen atoms in total. The van der Waals surface area contributed by atoms with E-state index >= 15 is 0 Å². The van der Waals surface area contributed by atoms with E-state index in [0.29, 0.717) is 23.0 Å². The molecule has 3 atom stereocenters. The molecule has 0 radical (unpaired) electrons.